The average molecular weight is 391 g/mol. The van der Waals surface area contributed by atoms with E-state index in [1.54, 1.807) is 7.11 Å². The molecule has 20 heavy (non-hydrogen) atoms. The average Bonchev–Trinajstić information content (AvgIpc) is 2.37. The van der Waals surface area contributed by atoms with Crippen LogP contribution in [0.1, 0.15) is 38.3 Å². The molecular weight excluding hydrogens is 369 g/mol. The van der Waals surface area contributed by atoms with Crippen molar-refractivity contribution in [3.8, 4) is 5.75 Å². The zero-order valence-corrected chi connectivity index (χ0v) is 14.6. The van der Waals surface area contributed by atoms with Crippen LogP contribution in [0.3, 0.4) is 0 Å². The van der Waals surface area contributed by atoms with Crippen LogP contribution in [0, 0.1) is 8.99 Å². The third-order valence-electron chi connectivity index (χ3n) is 3.21. The third-order valence-corrected chi connectivity index (χ3v) is 3.89. The summed E-state index contributed by atoms with van der Waals surface area (Å²) in [6, 6.07) is 5.75. The molecule has 0 saturated carbocycles. The lowest BCUT2D eigenvalue weighted by atomic mass is 9.81. The molecule has 0 bridgehead atoms. The van der Waals surface area contributed by atoms with Crippen LogP contribution in [-0.2, 0) is 9.53 Å². The normalized spacial score (nSPS) is 12.9. The second-order valence-corrected chi connectivity index (χ2v) is 6.86. The van der Waals surface area contributed by atoms with Gasteiger partial charge in [-0.25, -0.2) is 0 Å². The van der Waals surface area contributed by atoms with Crippen LogP contribution in [-0.4, -0.2) is 20.2 Å². The predicted molar refractivity (Wildman–Crippen MR) is 87.7 cm³/mol. The van der Waals surface area contributed by atoms with Gasteiger partial charge in [-0.05, 0) is 52.6 Å². The minimum absolute atomic E-state index is 0.181. The molecule has 1 aromatic rings. The summed E-state index contributed by atoms with van der Waals surface area (Å²) in [5.74, 6) is 0.573. The molecule has 1 unspecified atom stereocenters. The smallest absolute Gasteiger partial charge is 0.306 e. The number of rotatable bonds is 6. The van der Waals surface area contributed by atoms with Gasteiger partial charge in [-0.1, -0.05) is 13.8 Å². The molecule has 0 saturated heterocycles. The summed E-state index contributed by atoms with van der Waals surface area (Å²) in [4.78, 5) is 11.4. The first-order valence-electron chi connectivity index (χ1n) is 6.45. The molecule has 0 aliphatic carbocycles. The van der Waals surface area contributed by atoms with Crippen LogP contribution in [0.25, 0.3) is 0 Å². The van der Waals surface area contributed by atoms with Crippen molar-refractivity contribution in [3.63, 3.8) is 0 Å². The largest absolute Gasteiger partial charge is 0.496 e. The number of ether oxygens (including phenoxy) is 2. The number of hydrogen-bond acceptors (Lipinski definition) is 4. The highest BCUT2D eigenvalue weighted by molar-refractivity contribution is 14.1. The summed E-state index contributed by atoms with van der Waals surface area (Å²) in [7, 11) is 3.04. The second kappa shape index (κ2) is 7.26. The summed E-state index contributed by atoms with van der Waals surface area (Å²) >= 11 is 2.25. The fourth-order valence-corrected chi connectivity index (χ4v) is 2.75. The maximum atomic E-state index is 11.4. The SMILES string of the molecule is COC(=O)CC(C)(C)CC(N)c1cc(I)ccc1OC. The van der Waals surface area contributed by atoms with E-state index < -0.39 is 0 Å². The lowest BCUT2D eigenvalue weighted by Crippen LogP contribution is -2.25. The van der Waals surface area contributed by atoms with Crippen LogP contribution in [0.5, 0.6) is 5.75 Å². The Morgan fingerprint density at radius 3 is 2.60 bits per heavy atom. The zero-order chi connectivity index (χ0) is 15.3. The molecule has 0 aromatic heterocycles. The molecule has 5 heteroatoms. The lowest BCUT2D eigenvalue weighted by molar-refractivity contribution is -0.143. The van der Waals surface area contributed by atoms with Gasteiger partial charge in [-0.3, -0.25) is 4.79 Å². The number of carbonyl (C=O) groups is 1. The van der Waals surface area contributed by atoms with E-state index in [0.717, 1.165) is 14.9 Å². The highest BCUT2D eigenvalue weighted by Crippen LogP contribution is 2.35. The first-order chi connectivity index (χ1) is 9.29. The van der Waals surface area contributed by atoms with E-state index in [1.807, 2.05) is 32.0 Å². The van der Waals surface area contributed by atoms with E-state index in [1.165, 1.54) is 7.11 Å². The molecule has 0 spiro atoms. The molecule has 0 aliphatic heterocycles. The van der Waals surface area contributed by atoms with Gasteiger partial charge < -0.3 is 15.2 Å². The van der Waals surface area contributed by atoms with Gasteiger partial charge in [0.05, 0.1) is 20.6 Å². The van der Waals surface area contributed by atoms with Crippen molar-refractivity contribution in [2.24, 2.45) is 11.1 Å². The van der Waals surface area contributed by atoms with E-state index >= 15 is 0 Å². The van der Waals surface area contributed by atoms with Crippen molar-refractivity contribution < 1.29 is 14.3 Å². The van der Waals surface area contributed by atoms with E-state index in [-0.39, 0.29) is 17.4 Å². The Morgan fingerprint density at radius 2 is 2.05 bits per heavy atom. The third kappa shape index (κ3) is 4.94. The van der Waals surface area contributed by atoms with Crippen molar-refractivity contribution in [1.29, 1.82) is 0 Å². The highest BCUT2D eigenvalue weighted by atomic mass is 127. The van der Waals surface area contributed by atoms with Gasteiger partial charge in [0, 0.05) is 15.2 Å². The van der Waals surface area contributed by atoms with Gasteiger partial charge in [0.1, 0.15) is 5.75 Å². The van der Waals surface area contributed by atoms with Crippen LogP contribution in [0.4, 0.5) is 0 Å². The van der Waals surface area contributed by atoms with Gasteiger partial charge in [-0.15, -0.1) is 0 Å². The van der Waals surface area contributed by atoms with E-state index in [4.69, 9.17) is 15.2 Å². The van der Waals surface area contributed by atoms with E-state index in [0.29, 0.717) is 12.8 Å². The Labute approximate surface area is 134 Å². The van der Waals surface area contributed by atoms with Crippen molar-refractivity contribution in [1.82, 2.24) is 0 Å². The Morgan fingerprint density at radius 1 is 1.40 bits per heavy atom. The van der Waals surface area contributed by atoms with Crippen LogP contribution in [0.2, 0.25) is 0 Å². The number of esters is 1. The quantitative estimate of drug-likeness (QED) is 0.597. The Bertz CT molecular complexity index is 474. The van der Waals surface area contributed by atoms with Crippen molar-refractivity contribution in [2.75, 3.05) is 14.2 Å². The van der Waals surface area contributed by atoms with E-state index in [2.05, 4.69) is 22.6 Å². The van der Waals surface area contributed by atoms with Gasteiger partial charge >= 0.3 is 5.97 Å². The molecule has 0 fully saturated rings. The number of benzene rings is 1. The molecule has 0 aliphatic rings. The van der Waals surface area contributed by atoms with Gasteiger partial charge in [0.15, 0.2) is 0 Å². The number of nitrogens with two attached hydrogens (primary N) is 1. The molecular formula is C15H22INO3. The summed E-state index contributed by atoms with van der Waals surface area (Å²) in [6.45, 7) is 4.04. The highest BCUT2D eigenvalue weighted by Gasteiger charge is 2.27. The Balaban J connectivity index is 2.87. The maximum Gasteiger partial charge on any atom is 0.306 e. The zero-order valence-electron chi connectivity index (χ0n) is 12.4. The summed E-state index contributed by atoms with van der Waals surface area (Å²) in [5.41, 5.74) is 7.05. The molecule has 2 N–H and O–H groups in total. The number of halogens is 1. The van der Waals surface area contributed by atoms with Crippen LogP contribution >= 0.6 is 22.6 Å². The predicted octanol–water partition coefficient (Wildman–Crippen LogP) is 3.28. The molecule has 1 aromatic carbocycles. The second-order valence-electron chi connectivity index (χ2n) is 5.61. The lowest BCUT2D eigenvalue weighted by Gasteiger charge is -2.27. The minimum Gasteiger partial charge on any atom is -0.496 e. The van der Waals surface area contributed by atoms with Crippen molar-refractivity contribution in [2.45, 2.75) is 32.7 Å². The van der Waals surface area contributed by atoms with Crippen LogP contribution < -0.4 is 10.5 Å². The number of hydrogen-bond donors (Lipinski definition) is 1. The maximum absolute atomic E-state index is 11.4. The number of methoxy groups -OCH3 is 2. The van der Waals surface area contributed by atoms with E-state index in [9.17, 15) is 4.79 Å². The first kappa shape index (κ1) is 17.2. The molecule has 1 atom stereocenters. The first-order valence-corrected chi connectivity index (χ1v) is 7.53. The molecule has 0 radical (unpaired) electrons. The molecule has 112 valence electrons. The van der Waals surface area contributed by atoms with Crippen molar-refractivity contribution in [3.05, 3.63) is 27.3 Å². The minimum atomic E-state index is -0.223. The summed E-state index contributed by atoms with van der Waals surface area (Å²) in [6.07, 6.45) is 1.03. The standard InChI is InChI=1S/C15H22INO3/c1-15(2,9-14(18)20-4)8-12(17)11-7-10(16)5-6-13(11)19-3/h5-7,12H,8-9,17H2,1-4H3. The fraction of sp³-hybridized carbons (Fsp3) is 0.533. The van der Waals surface area contributed by atoms with Gasteiger partial charge in [0.25, 0.3) is 0 Å². The van der Waals surface area contributed by atoms with Crippen molar-refractivity contribution >= 4 is 28.6 Å². The molecule has 0 amide bonds. The Hall–Kier alpha value is -0.820. The Kier molecular flexibility index (Phi) is 6.26. The van der Waals surface area contributed by atoms with Crippen LogP contribution in [0.15, 0.2) is 18.2 Å². The van der Waals surface area contributed by atoms with Gasteiger partial charge in [0.2, 0.25) is 0 Å². The summed E-state index contributed by atoms with van der Waals surface area (Å²) < 4.78 is 11.2. The molecule has 1 rings (SSSR count). The molecule has 0 heterocycles. The fourth-order valence-electron chi connectivity index (χ4n) is 2.24. The monoisotopic (exact) mass is 391 g/mol. The molecule has 4 nitrogen and oxygen atoms in total. The number of carbonyl (C=O) groups excluding carboxylic acids is 1. The van der Waals surface area contributed by atoms with Gasteiger partial charge in [-0.2, -0.15) is 0 Å². The summed E-state index contributed by atoms with van der Waals surface area (Å²) in [5, 5.41) is 0. The topological polar surface area (TPSA) is 61.5 Å².